The van der Waals surface area contributed by atoms with Gasteiger partial charge in [-0.3, -0.25) is 9.10 Å². The first-order valence-corrected chi connectivity index (χ1v) is 12.0. The number of carbonyl (C=O) groups excluding carboxylic acids is 1. The Kier molecular flexibility index (Phi) is 6.13. The van der Waals surface area contributed by atoms with Crippen LogP contribution < -0.4 is 14.4 Å². The van der Waals surface area contributed by atoms with Crippen LogP contribution in [0.15, 0.2) is 77.7 Å². The van der Waals surface area contributed by atoms with Gasteiger partial charge in [0.15, 0.2) is 6.10 Å². The van der Waals surface area contributed by atoms with E-state index in [1.807, 2.05) is 38.1 Å². The van der Waals surface area contributed by atoms with Crippen molar-refractivity contribution < 1.29 is 17.9 Å². The lowest BCUT2D eigenvalue weighted by Gasteiger charge is -2.34. The number of sulfonamides is 1. The van der Waals surface area contributed by atoms with Crippen molar-refractivity contribution in [3.05, 3.63) is 83.4 Å². The summed E-state index contributed by atoms with van der Waals surface area (Å²) in [5.74, 6) is 0.124. The average molecular weight is 471 g/mol. The van der Waals surface area contributed by atoms with Gasteiger partial charge in [-0.05, 0) is 53.9 Å². The fraction of sp³-hybridized carbons (Fsp3) is 0.208. The molecule has 166 valence electrons. The molecule has 1 N–H and O–H groups in total. The molecular formula is C24H23ClN2O4S. The molecule has 0 saturated carbocycles. The third kappa shape index (κ3) is 4.31. The minimum absolute atomic E-state index is 0.0860. The van der Waals surface area contributed by atoms with Crippen LogP contribution in [0, 0.1) is 0 Å². The second-order valence-corrected chi connectivity index (χ2v) is 10.1. The lowest BCUT2D eigenvalue weighted by molar-refractivity contribution is -0.122. The van der Waals surface area contributed by atoms with Crippen LogP contribution in [0.2, 0.25) is 5.02 Å². The number of hydrogen-bond donors (Lipinski definition) is 1. The number of amides is 1. The number of benzene rings is 3. The van der Waals surface area contributed by atoms with Crippen molar-refractivity contribution in [2.24, 2.45) is 0 Å². The molecular weight excluding hydrogens is 448 g/mol. The van der Waals surface area contributed by atoms with Crippen molar-refractivity contribution in [2.75, 3.05) is 16.2 Å². The summed E-state index contributed by atoms with van der Waals surface area (Å²) in [6.07, 6.45) is -1.02. The Labute approximate surface area is 192 Å². The highest BCUT2D eigenvalue weighted by Crippen LogP contribution is 2.37. The minimum atomic E-state index is -3.94. The molecule has 1 atom stereocenters. The minimum Gasteiger partial charge on any atom is -0.476 e. The van der Waals surface area contributed by atoms with E-state index in [1.165, 1.54) is 28.6 Å². The maximum atomic E-state index is 13.4. The van der Waals surface area contributed by atoms with Gasteiger partial charge in [-0.1, -0.05) is 55.8 Å². The predicted octanol–water partition coefficient (Wildman–Crippen LogP) is 5.06. The molecule has 0 radical (unpaired) electrons. The van der Waals surface area contributed by atoms with E-state index >= 15 is 0 Å². The quantitative estimate of drug-likeness (QED) is 0.565. The summed E-state index contributed by atoms with van der Waals surface area (Å²) in [5.41, 5.74) is 2.05. The van der Waals surface area contributed by atoms with Crippen LogP contribution in [-0.4, -0.2) is 27.0 Å². The van der Waals surface area contributed by atoms with Crippen molar-refractivity contribution in [3.8, 4) is 5.75 Å². The monoisotopic (exact) mass is 470 g/mol. The second-order valence-electron chi connectivity index (χ2n) is 7.80. The molecule has 0 bridgehead atoms. The summed E-state index contributed by atoms with van der Waals surface area (Å²) in [6.45, 7) is 3.93. The van der Waals surface area contributed by atoms with Gasteiger partial charge in [0.1, 0.15) is 5.75 Å². The van der Waals surface area contributed by atoms with Crippen LogP contribution in [0.3, 0.4) is 0 Å². The summed E-state index contributed by atoms with van der Waals surface area (Å²) in [6, 6.07) is 20.3. The van der Waals surface area contributed by atoms with Crippen LogP contribution in [0.5, 0.6) is 5.75 Å². The average Bonchev–Trinajstić information content (AvgIpc) is 2.78. The number of hydrogen-bond acceptors (Lipinski definition) is 4. The highest BCUT2D eigenvalue weighted by molar-refractivity contribution is 7.92. The molecule has 3 aromatic carbocycles. The molecule has 1 aliphatic rings. The van der Waals surface area contributed by atoms with Crippen molar-refractivity contribution in [1.29, 1.82) is 0 Å². The van der Waals surface area contributed by atoms with E-state index in [1.54, 1.807) is 24.3 Å². The van der Waals surface area contributed by atoms with Crippen LogP contribution >= 0.6 is 11.6 Å². The van der Waals surface area contributed by atoms with E-state index in [0.29, 0.717) is 22.1 Å². The number of anilines is 2. The fourth-order valence-electron chi connectivity index (χ4n) is 3.63. The first-order valence-electron chi connectivity index (χ1n) is 10.2. The fourth-order valence-corrected chi connectivity index (χ4v) is 5.23. The lowest BCUT2D eigenvalue weighted by atomic mass is 10.0. The van der Waals surface area contributed by atoms with E-state index < -0.39 is 22.0 Å². The SMILES string of the molecule is CC(C)c1ccccc1NC(=O)[C@@H]1CN(S(=O)(=O)c2ccc(Cl)cc2)c2ccccc2O1. The normalized spacial score (nSPS) is 15.8. The standard InChI is InChI=1S/C24H23ClN2O4S/c1-16(2)19-7-3-4-8-20(19)26-24(28)23-15-27(21-9-5-6-10-22(21)31-23)32(29,30)18-13-11-17(25)12-14-18/h3-14,16,23H,15H2,1-2H3,(H,26,28)/t23-/m0/s1. The molecule has 32 heavy (non-hydrogen) atoms. The Bertz CT molecular complexity index is 1240. The largest absolute Gasteiger partial charge is 0.476 e. The molecule has 0 aromatic heterocycles. The molecule has 1 amide bonds. The van der Waals surface area contributed by atoms with Crippen molar-refractivity contribution in [1.82, 2.24) is 0 Å². The number of nitrogens with zero attached hydrogens (tertiary/aromatic N) is 1. The Hall–Kier alpha value is -3.03. The van der Waals surface area contributed by atoms with Crippen LogP contribution in [0.4, 0.5) is 11.4 Å². The topological polar surface area (TPSA) is 75.7 Å². The van der Waals surface area contributed by atoms with Gasteiger partial charge in [0.25, 0.3) is 15.9 Å². The number of para-hydroxylation sites is 3. The molecule has 4 rings (SSSR count). The molecule has 0 fully saturated rings. The van der Waals surface area contributed by atoms with Gasteiger partial charge in [-0.25, -0.2) is 8.42 Å². The van der Waals surface area contributed by atoms with Crippen molar-refractivity contribution >= 4 is 38.9 Å². The van der Waals surface area contributed by atoms with E-state index in [0.717, 1.165) is 5.56 Å². The van der Waals surface area contributed by atoms with Gasteiger partial charge >= 0.3 is 0 Å². The van der Waals surface area contributed by atoms with Gasteiger partial charge in [-0.2, -0.15) is 0 Å². The molecule has 0 aliphatic carbocycles. The molecule has 1 aliphatic heterocycles. The number of nitrogens with one attached hydrogen (secondary N) is 1. The van der Waals surface area contributed by atoms with E-state index in [9.17, 15) is 13.2 Å². The van der Waals surface area contributed by atoms with Gasteiger partial charge in [0.2, 0.25) is 0 Å². The first kappa shape index (κ1) is 22.2. The summed E-state index contributed by atoms with van der Waals surface area (Å²) < 4.78 is 34.0. The molecule has 6 nitrogen and oxygen atoms in total. The van der Waals surface area contributed by atoms with Gasteiger partial charge < -0.3 is 10.1 Å². The maximum Gasteiger partial charge on any atom is 0.267 e. The molecule has 0 spiro atoms. The van der Waals surface area contributed by atoms with Crippen molar-refractivity contribution in [3.63, 3.8) is 0 Å². The lowest BCUT2D eigenvalue weighted by Crippen LogP contribution is -2.48. The van der Waals surface area contributed by atoms with Gasteiger partial charge in [-0.15, -0.1) is 0 Å². The Balaban J connectivity index is 1.67. The predicted molar refractivity (Wildman–Crippen MR) is 126 cm³/mol. The smallest absolute Gasteiger partial charge is 0.267 e. The Morgan fingerprint density at radius 3 is 2.41 bits per heavy atom. The van der Waals surface area contributed by atoms with Crippen LogP contribution in [0.25, 0.3) is 0 Å². The number of fused-ring (bicyclic) bond motifs is 1. The third-order valence-electron chi connectivity index (χ3n) is 5.27. The summed E-state index contributed by atoms with van der Waals surface area (Å²) in [5, 5.41) is 3.35. The number of carbonyl (C=O) groups is 1. The van der Waals surface area contributed by atoms with Crippen LogP contribution in [-0.2, 0) is 14.8 Å². The van der Waals surface area contributed by atoms with E-state index in [2.05, 4.69) is 5.32 Å². The Morgan fingerprint density at radius 1 is 1.03 bits per heavy atom. The zero-order valence-corrected chi connectivity index (χ0v) is 19.2. The zero-order valence-electron chi connectivity index (χ0n) is 17.7. The number of rotatable bonds is 5. The third-order valence-corrected chi connectivity index (χ3v) is 7.32. The van der Waals surface area contributed by atoms with E-state index in [-0.39, 0.29) is 17.4 Å². The molecule has 0 saturated heterocycles. The summed E-state index contributed by atoms with van der Waals surface area (Å²) in [4.78, 5) is 13.2. The highest BCUT2D eigenvalue weighted by atomic mass is 35.5. The Morgan fingerprint density at radius 2 is 1.69 bits per heavy atom. The molecule has 0 unspecified atom stereocenters. The van der Waals surface area contributed by atoms with Crippen molar-refractivity contribution in [2.45, 2.75) is 30.8 Å². The van der Waals surface area contributed by atoms with E-state index in [4.69, 9.17) is 16.3 Å². The second kappa shape index (κ2) is 8.84. The number of halogens is 1. The van der Waals surface area contributed by atoms with Crippen LogP contribution in [0.1, 0.15) is 25.3 Å². The zero-order chi connectivity index (χ0) is 22.9. The molecule has 3 aromatic rings. The highest BCUT2D eigenvalue weighted by Gasteiger charge is 2.37. The summed E-state index contributed by atoms with van der Waals surface area (Å²) >= 11 is 5.92. The maximum absolute atomic E-state index is 13.4. The van der Waals surface area contributed by atoms with Gasteiger partial charge in [0.05, 0.1) is 17.1 Å². The molecule has 8 heteroatoms. The summed E-state index contributed by atoms with van der Waals surface area (Å²) in [7, 11) is -3.94. The van der Waals surface area contributed by atoms with Gasteiger partial charge in [0, 0.05) is 10.7 Å². The molecule has 1 heterocycles. The first-order chi connectivity index (χ1) is 15.3. The number of ether oxygens (including phenoxy) is 1.